The van der Waals surface area contributed by atoms with E-state index in [1.807, 2.05) is 29.2 Å². The molecule has 1 saturated carbocycles. The second kappa shape index (κ2) is 3.84. The number of hydrogen-bond acceptors (Lipinski definition) is 2. The summed E-state index contributed by atoms with van der Waals surface area (Å²) < 4.78 is 0. The lowest BCUT2D eigenvalue weighted by Crippen LogP contribution is -2.39. The number of rotatable bonds is 1. The fourth-order valence-electron chi connectivity index (χ4n) is 3.68. The van der Waals surface area contributed by atoms with E-state index in [-0.39, 0.29) is 17.7 Å². The molecule has 1 spiro atoms. The van der Waals surface area contributed by atoms with Gasteiger partial charge < -0.3 is 10.2 Å². The highest BCUT2D eigenvalue weighted by Crippen LogP contribution is 2.46. The minimum Gasteiger partial charge on any atom is -0.341 e. The van der Waals surface area contributed by atoms with Crippen LogP contribution in [-0.4, -0.2) is 29.8 Å². The van der Waals surface area contributed by atoms with Crippen molar-refractivity contribution in [1.82, 2.24) is 4.90 Å². The summed E-state index contributed by atoms with van der Waals surface area (Å²) in [5.41, 5.74) is 1.46. The number of anilines is 1. The summed E-state index contributed by atoms with van der Waals surface area (Å²) >= 11 is 0. The number of likely N-dealkylation sites (tertiary alicyclic amines) is 1. The number of hydrogen-bond donors (Lipinski definition) is 1. The topological polar surface area (TPSA) is 49.4 Å². The number of carbonyl (C=O) groups is 2. The van der Waals surface area contributed by atoms with Crippen molar-refractivity contribution in [2.45, 2.75) is 25.2 Å². The first-order valence-corrected chi connectivity index (χ1v) is 7.31. The van der Waals surface area contributed by atoms with Crippen molar-refractivity contribution in [2.24, 2.45) is 11.8 Å². The van der Waals surface area contributed by atoms with Crippen molar-refractivity contribution in [3.8, 4) is 0 Å². The van der Waals surface area contributed by atoms with Gasteiger partial charge in [-0.3, -0.25) is 9.59 Å². The number of nitrogens with one attached hydrogen (secondary N) is 1. The van der Waals surface area contributed by atoms with Gasteiger partial charge in [-0.05, 0) is 30.4 Å². The molecule has 4 heteroatoms. The normalized spacial score (nSPS) is 34.2. The third-order valence-corrected chi connectivity index (χ3v) is 5.13. The Morgan fingerprint density at radius 3 is 2.90 bits per heavy atom. The van der Waals surface area contributed by atoms with Crippen LogP contribution < -0.4 is 5.32 Å². The highest BCUT2D eigenvalue weighted by atomic mass is 16.2. The number of carbonyl (C=O) groups excluding carboxylic acids is 2. The fourth-order valence-corrected chi connectivity index (χ4v) is 3.68. The molecular formula is C16H18N2O2. The SMILES string of the molecule is CC1CC1C(=O)N1CCC2(C1)C(=O)Nc1ccccc12. The summed E-state index contributed by atoms with van der Waals surface area (Å²) in [6, 6.07) is 7.85. The molecular weight excluding hydrogens is 252 g/mol. The number of fused-ring (bicyclic) bond motifs is 2. The highest BCUT2D eigenvalue weighted by Gasteiger charge is 2.53. The van der Waals surface area contributed by atoms with Gasteiger partial charge >= 0.3 is 0 Å². The van der Waals surface area contributed by atoms with Crippen molar-refractivity contribution in [1.29, 1.82) is 0 Å². The van der Waals surface area contributed by atoms with E-state index in [4.69, 9.17) is 0 Å². The molecule has 3 atom stereocenters. The molecule has 1 saturated heterocycles. The van der Waals surface area contributed by atoms with Gasteiger partial charge in [-0.25, -0.2) is 0 Å². The van der Waals surface area contributed by atoms with Gasteiger partial charge in [-0.2, -0.15) is 0 Å². The minimum absolute atomic E-state index is 0.0536. The van der Waals surface area contributed by atoms with Crippen LogP contribution in [-0.2, 0) is 15.0 Å². The van der Waals surface area contributed by atoms with E-state index in [0.717, 1.165) is 24.1 Å². The summed E-state index contributed by atoms with van der Waals surface area (Å²) in [5, 5.41) is 2.97. The molecule has 0 bridgehead atoms. The third kappa shape index (κ3) is 1.48. The maximum Gasteiger partial charge on any atom is 0.236 e. The van der Waals surface area contributed by atoms with Crippen LogP contribution in [0.5, 0.6) is 0 Å². The first kappa shape index (κ1) is 11.9. The average Bonchev–Trinajstić information content (AvgIpc) is 2.92. The van der Waals surface area contributed by atoms with Crippen LogP contribution in [0.1, 0.15) is 25.3 Å². The molecule has 0 radical (unpaired) electrons. The van der Waals surface area contributed by atoms with Crippen molar-refractivity contribution in [2.75, 3.05) is 18.4 Å². The van der Waals surface area contributed by atoms with Crippen LogP contribution in [0.15, 0.2) is 24.3 Å². The van der Waals surface area contributed by atoms with Gasteiger partial charge in [0.1, 0.15) is 0 Å². The van der Waals surface area contributed by atoms with Gasteiger partial charge in [0, 0.05) is 24.7 Å². The predicted molar refractivity (Wildman–Crippen MR) is 75.2 cm³/mol. The fraction of sp³-hybridized carbons (Fsp3) is 0.500. The third-order valence-electron chi connectivity index (χ3n) is 5.13. The molecule has 3 unspecified atom stereocenters. The van der Waals surface area contributed by atoms with E-state index < -0.39 is 5.41 Å². The van der Waals surface area contributed by atoms with Crippen LogP contribution in [0.3, 0.4) is 0 Å². The molecule has 20 heavy (non-hydrogen) atoms. The lowest BCUT2D eigenvalue weighted by Gasteiger charge is -2.22. The standard InChI is InChI=1S/C16H18N2O2/c1-10-8-11(10)14(19)18-7-6-16(9-18)12-4-2-3-5-13(12)17-15(16)20/h2-5,10-11H,6-9H2,1H3,(H,17,20). The molecule has 0 aromatic heterocycles. The van der Waals surface area contributed by atoms with Gasteiger partial charge in [-0.1, -0.05) is 25.1 Å². The van der Waals surface area contributed by atoms with Crippen LogP contribution in [0.4, 0.5) is 5.69 Å². The first-order chi connectivity index (χ1) is 9.62. The Balaban J connectivity index is 1.64. The van der Waals surface area contributed by atoms with E-state index in [1.54, 1.807) is 0 Å². The monoisotopic (exact) mass is 270 g/mol. The van der Waals surface area contributed by atoms with Crippen LogP contribution >= 0.6 is 0 Å². The molecule has 2 aliphatic heterocycles. The van der Waals surface area contributed by atoms with E-state index in [1.165, 1.54) is 0 Å². The molecule has 4 nitrogen and oxygen atoms in total. The highest BCUT2D eigenvalue weighted by molar-refractivity contribution is 6.07. The maximum atomic E-state index is 12.4. The quantitative estimate of drug-likeness (QED) is 0.845. The summed E-state index contributed by atoms with van der Waals surface area (Å²) in [7, 11) is 0. The van der Waals surface area contributed by atoms with Crippen molar-refractivity contribution in [3.05, 3.63) is 29.8 Å². The van der Waals surface area contributed by atoms with Crippen LogP contribution in [0.25, 0.3) is 0 Å². The van der Waals surface area contributed by atoms with E-state index >= 15 is 0 Å². The summed E-state index contributed by atoms with van der Waals surface area (Å²) in [4.78, 5) is 26.7. The summed E-state index contributed by atoms with van der Waals surface area (Å²) in [6.07, 6.45) is 1.74. The number of nitrogens with zero attached hydrogens (tertiary/aromatic N) is 1. The second-order valence-corrected chi connectivity index (χ2v) is 6.41. The first-order valence-electron chi connectivity index (χ1n) is 7.31. The Kier molecular flexibility index (Phi) is 2.29. The molecule has 2 amide bonds. The minimum atomic E-state index is -0.510. The van der Waals surface area contributed by atoms with Crippen molar-refractivity contribution in [3.63, 3.8) is 0 Å². The Bertz CT molecular complexity index is 612. The smallest absolute Gasteiger partial charge is 0.236 e. The zero-order valence-electron chi connectivity index (χ0n) is 11.6. The summed E-state index contributed by atoms with van der Waals surface area (Å²) in [5.74, 6) is 1.01. The Morgan fingerprint density at radius 1 is 1.40 bits per heavy atom. The molecule has 3 aliphatic rings. The van der Waals surface area contributed by atoms with Gasteiger partial charge in [0.2, 0.25) is 11.8 Å². The zero-order valence-corrected chi connectivity index (χ0v) is 11.6. The Morgan fingerprint density at radius 2 is 2.15 bits per heavy atom. The van der Waals surface area contributed by atoms with Gasteiger partial charge in [-0.15, -0.1) is 0 Å². The molecule has 2 heterocycles. The van der Waals surface area contributed by atoms with Gasteiger partial charge in [0.05, 0.1) is 5.41 Å². The maximum absolute atomic E-state index is 12.4. The predicted octanol–water partition coefficient (Wildman–Crippen LogP) is 1.76. The second-order valence-electron chi connectivity index (χ2n) is 6.41. The number of para-hydroxylation sites is 1. The molecule has 2 fully saturated rings. The largest absolute Gasteiger partial charge is 0.341 e. The number of amides is 2. The van der Waals surface area contributed by atoms with Gasteiger partial charge in [0.25, 0.3) is 0 Å². The molecule has 1 aromatic rings. The van der Waals surface area contributed by atoms with Crippen molar-refractivity contribution < 1.29 is 9.59 Å². The Labute approximate surface area is 118 Å². The zero-order chi connectivity index (χ0) is 13.9. The van der Waals surface area contributed by atoms with Crippen molar-refractivity contribution >= 4 is 17.5 Å². The van der Waals surface area contributed by atoms with Gasteiger partial charge in [0.15, 0.2) is 0 Å². The lowest BCUT2D eigenvalue weighted by atomic mass is 9.81. The van der Waals surface area contributed by atoms with E-state index in [9.17, 15) is 9.59 Å². The van der Waals surface area contributed by atoms with E-state index in [2.05, 4.69) is 12.2 Å². The van der Waals surface area contributed by atoms with E-state index in [0.29, 0.717) is 19.0 Å². The lowest BCUT2D eigenvalue weighted by molar-refractivity contribution is -0.132. The number of benzene rings is 1. The molecule has 1 N–H and O–H groups in total. The van der Waals surface area contributed by atoms with Crippen LogP contribution in [0.2, 0.25) is 0 Å². The Hall–Kier alpha value is -1.84. The molecule has 4 rings (SSSR count). The molecule has 104 valence electrons. The molecule has 1 aliphatic carbocycles. The average molecular weight is 270 g/mol. The van der Waals surface area contributed by atoms with Crippen LogP contribution in [0, 0.1) is 11.8 Å². The summed E-state index contributed by atoms with van der Waals surface area (Å²) in [6.45, 7) is 3.35. The molecule has 1 aromatic carbocycles.